The molecule has 0 aromatic heterocycles. The highest BCUT2D eigenvalue weighted by atomic mass is 35.7. The lowest BCUT2D eigenvalue weighted by molar-refractivity contribution is -1.92. The fourth-order valence-corrected chi connectivity index (χ4v) is 1.62. The van der Waals surface area contributed by atoms with Crippen LogP contribution in [-0.2, 0) is 18.6 Å². The van der Waals surface area contributed by atoms with Gasteiger partial charge in [0.25, 0.3) is 0 Å². The minimum absolute atomic E-state index is 0.0420. The molecule has 0 heterocycles. The average molecular weight is 362 g/mol. The van der Waals surface area contributed by atoms with E-state index in [2.05, 4.69) is 4.29 Å². The molecule has 0 aliphatic heterocycles. The summed E-state index contributed by atoms with van der Waals surface area (Å²) in [6.45, 7) is 2.59. The number of nitrogens with zero attached hydrogens (tertiary/aromatic N) is 1. The van der Waals surface area contributed by atoms with Crippen LogP contribution in [0.5, 0.6) is 0 Å². The summed E-state index contributed by atoms with van der Waals surface area (Å²) in [5, 5.41) is 19.1. The molecule has 1 atom stereocenters. The number of aliphatic hydroxyl groups excluding tert-OH is 1. The van der Waals surface area contributed by atoms with Gasteiger partial charge in [-0.25, -0.2) is 4.79 Å². The molecular formula is C12H24ClNO9. The fraction of sp³-hybridized carbons (Fsp3) is 0.833. The van der Waals surface area contributed by atoms with Crippen molar-refractivity contribution in [2.24, 2.45) is 0 Å². The van der Waals surface area contributed by atoms with Gasteiger partial charge in [0.15, 0.2) is 0 Å². The summed E-state index contributed by atoms with van der Waals surface area (Å²) in [5.41, 5.74) is 0. The second-order valence-corrected chi connectivity index (χ2v) is 6.39. The van der Waals surface area contributed by atoms with Crippen LogP contribution in [0.1, 0.15) is 19.8 Å². The molecule has 0 rings (SSSR count). The van der Waals surface area contributed by atoms with Crippen molar-refractivity contribution in [2.75, 3.05) is 40.9 Å². The van der Waals surface area contributed by atoms with E-state index in [1.165, 1.54) is 0 Å². The van der Waals surface area contributed by atoms with Crippen molar-refractivity contribution in [3.8, 4) is 0 Å². The van der Waals surface area contributed by atoms with Gasteiger partial charge in [-0.3, -0.25) is 0 Å². The van der Waals surface area contributed by atoms with Crippen LogP contribution in [0, 0.1) is 10.2 Å². The number of carboxylic acid groups (broad SMARTS) is 1. The van der Waals surface area contributed by atoms with Crippen LogP contribution in [0.15, 0.2) is 0 Å². The number of ether oxygens (including phenoxy) is 1. The Balaban J connectivity index is 0. The molecule has 0 aromatic carbocycles. The number of quaternary nitrogens is 1. The Labute approximate surface area is 137 Å². The summed E-state index contributed by atoms with van der Waals surface area (Å²) in [7, 11) is 1.01. The molecule has 0 aliphatic carbocycles. The Morgan fingerprint density at radius 2 is 1.74 bits per heavy atom. The van der Waals surface area contributed by atoms with E-state index in [-0.39, 0.29) is 19.4 Å². The Kier molecular flexibility index (Phi) is 12.1. The van der Waals surface area contributed by atoms with Gasteiger partial charge in [0, 0.05) is 19.0 Å². The van der Waals surface area contributed by atoms with E-state index in [4.69, 9.17) is 9.84 Å². The normalized spacial score (nSPS) is 12.9. The van der Waals surface area contributed by atoms with E-state index in [1.807, 2.05) is 21.1 Å². The van der Waals surface area contributed by atoms with Crippen molar-refractivity contribution < 1.29 is 57.5 Å². The summed E-state index contributed by atoms with van der Waals surface area (Å²) >= 11 is 0. The van der Waals surface area contributed by atoms with Gasteiger partial charge >= 0.3 is 5.97 Å². The summed E-state index contributed by atoms with van der Waals surface area (Å²) < 4.78 is 38.1. The van der Waals surface area contributed by atoms with Crippen LogP contribution in [0.3, 0.4) is 0 Å². The lowest BCUT2D eigenvalue weighted by atomic mass is 10.2. The van der Waals surface area contributed by atoms with Gasteiger partial charge in [-0.1, -0.05) is 0 Å². The number of hydrogen-bond donors (Lipinski definition) is 1. The topological polar surface area (TPSA) is 165 Å². The number of carboxylic acids is 1. The van der Waals surface area contributed by atoms with Crippen molar-refractivity contribution in [1.29, 1.82) is 0 Å². The molecule has 23 heavy (non-hydrogen) atoms. The molecular weight excluding hydrogens is 338 g/mol. The Bertz CT molecular complexity index is 351. The van der Waals surface area contributed by atoms with Gasteiger partial charge in [-0.05, 0) is 11.2 Å². The van der Waals surface area contributed by atoms with Gasteiger partial charge in [0.1, 0.15) is 22.9 Å². The van der Waals surface area contributed by atoms with E-state index in [9.17, 15) is 28.7 Å². The van der Waals surface area contributed by atoms with Crippen LogP contribution >= 0.6 is 0 Å². The molecule has 138 valence electrons. The lowest BCUT2D eigenvalue weighted by Crippen LogP contribution is -2.61. The zero-order valence-corrected chi connectivity index (χ0v) is 14.4. The number of hydrogen-bond acceptors (Lipinski definition) is 9. The molecule has 0 fully saturated rings. The molecule has 0 aliphatic rings. The Morgan fingerprint density at radius 3 is 2.09 bits per heavy atom. The Hall–Kier alpha value is -1.01. The fourth-order valence-electron chi connectivity index (χ4n) is 1.33. The number of aliphatic carboxylic acids is 1. The molecule has 0 spiro atoms. The molecule has 0 radical (unpaired) electrons. The highest BCUT2D eigenvalue weighted by Gasteiger charge is 2.24. The molecule has 0 bridgehead atoms. The maximum Gasteiger partial charge on any atom is 0.465 e. The van der Waals surface area contributed by atoms with Crippen molar-refractivity contribution in [3.63, 3.8) is 0 Å². The monoisotopic (exact) mass is 361 g/mol. The number of halogens is 1. The van der Waals surface area contributed by atoms with E-state index in [1.54, 1.807) is 6.92 Å². The number of carbonyl (C=O) groups excluding carboxylic acids is 2. The highest BCUT2D eigenvalue weighted by molar-refractivity contribution is 5.68. The van der Waals surface area contributed by atoms with Crippen molar-refractivity contribution in [1.82, 2.24) is 0 Å². The first-order chi connectivity index (χ1) is 10.3. The Morgan fingerprint density at radius 1 is 1.22 bits per heavy atom. The predicted molar refractivity (Wildman–Crippen MR) is 65.7 cm³/mol. The van der Waals surface area contributed by atoms with E-state index in [0.717, 1.165) is 0 Å². The van der Waals surface area contributed by atoms with Crippen molar-refractivity contribution in [3.05, 3.63) is 0 Å². The molecule has 10 nitrogen and oxygen atoms in total. The molecule has 11 heteroatoms. The molecule has 1 N–H and O–H groups in total. The lowest BCUT2D eigenvalue weighted by Gasteiger charge is -2.26. The van der Waals surface area contributed by atoms with Gasteiger partial charge in [-0.15, -0.1) is 0 Å². The maximum absolute atomic E-state index is 10.4. The second kappa shape index (κ2) is 11.5. The summed E-state index contributed by atoms with van der Waals surface area (Å²) in [6, 6.07) is 0. The average Bonchev–Trinajstić information content (AvgIpc) is 2.23. The third kappa shape index (κ3) is 23.4. The molecule has 0 amide bonds. The van der Waals surface area contributed by atoms with Crippen molar-refractivity contribution in [2.45, 2.75) is 25.9 Å². The first-order valence-electron chi connectivity index (χ1n) is 6.66. The zero-order chi connectivity index (χ0) is 18.7. The summed E-state index contributed by atoms with van der Waals surface area (Å²) in [5.74, 6) is -2.31. The summed E-state index contributed by atoms with van der Waals surface area (Å²) in [4.78, 5) is 20.5. The van der Waals surface area contributed by atoms with Crippen LogP contribution in [0.4, 0.5) is 0 Å². The molecule has 1 unspecified atom stereocenters. The van der Waals surface area contributed by atoms with Crippen LogP contribution < -0.4 is 19.1 Å². The van der Waals surface area contributed by atoms with E-state index >= 15 is 0 Å². The minimum atomic E-state index is -4.66. The maximum atomic E-state index is 10.4. The number of carbonyl (C=O) groups is 2. The van der Waals surface area contributed by atoms with E-state index in [0.29, 0.717) is 17.6 Å². The first-order valence-corrected chi connectivity index (χ1v) is 7.89. The highest BCUT2D eigenvalue weighted by Crippen LogP contribution is 1.97. The van der Waals surface area contributed by atoms with Crippen LogP contribution in [0.2, 0.25) is 0 Å². The van der Waals surface area contributed by atoms with Gasteiger partial charge in [0.2, 0.25) is 0 Å². The van der Waals surface area contributed by atoms with Gasteiger partial charge in [0.05, 0.1) is 34.2 Å². The standard InChI is InChI=1S/C7H15NO3.C5H9ClO6/c1-8(2,3)5-6(9)4-7(10)11;1-2-11-4-3-5(7)12-6(8,9)10/h6,9H,4-5H2,1-3H3;2-4H2,1H3. The van der Waals surface area contributed by atoms with E-state index < -0.39 is 28.3 Å². The number of rotatable bonds is 9. The number of likely N-dealkylation sites (N-methyl/N-ethyl adjacent to an activating group) is 1. The minimum Gasteiger partial charge on any atom is -0.550 e. The SMILES string of the molecule is CCOCCC(=O)O[Cl+3]([O-])([O-])[O-].C[N+](C)(C)CC(O)CC(=O)[O-]. The molecule has 0 aromatic rings. The quantitative estimate of drug-likeness (QED) is 0.312. The van der Waals surface area contributed by atoms with Gasteiger partial charge < -0.3 is 24.2 Å². The predicted octanol–water partition coefficient (Wildman–Crippen LogP) is -4.95. The molecule has 0 saturated heterocycles. The third-order valence-corrected chi connectivity index (χ3v) is 2.36. The summed E-state index contributed by atoms with van der Waals surface area (Å²) in [6.07, 6.45) is -1.34. The second-order valence-electron chi connectivity index (χ2n) is 5.48. The molecule has 0 saturated carbocycles. The third-order valence-electron chi connectivity index (χ3n) is 2.00. The largest absolute Gasteiger partial charge is 0.550 e. The smallest absolute Gasteiger partial charge is 0.465 e. The first kappa shape index (κ1) is 24.2. The zero-order valence-electron chi connectivity index (χ0n) is 13.7. The van der Waals surface area contributed by atoms with Crippen LogP contribution in [0.25, 0.3) is 0 Å². The van der Waals surface area contributed by atoms with Crippen LogP contribution in [-0.4, -0.2) is 68.5 Å². The van der Waals surface area contributed by atoms with Crippen molar-refractivity contribution >= 4 is 11.9 Å². The number of aliphatic hydroxyl groups is 1. The van der Waals surface area contributed by atoms with Gasteiger partial charge in [-0.2, -0.15) is 14.0 Å².